The van der Waals surface area contributed by atoms with E-state index in [4.69, 9.17) is 4.74 Å². The number of methoxy groups -OCH3 is 1. The second kappa shape index (κ2) is 8.16. The standard InChI is InChI=1S/C28H20O4/c1-31-28(30)22-8-5-18(6-9-22)7-16-25(29)32-17-23-13-12-21-11-10-19-3-2-4-20-14-15-24(23)27(21)26(19)20/h2-16H,17H2,1H3. The first kappa shape index (κ1) is 19.8. The number of esters is 2. The van der Waals surface area contributed by atoms with Gasteiger partial charge in [0.2, 0.25) is 0 Å². The fourth-order valence-corrected chi connectivity index (χ4v) is 4.13. The fraction of sp³-hybridized carbons (Fsp3) is 0.0714. The summed E-state index contributed by atoms with van der Waals surface area (Å²) in [7, 11) is 1.34. The number of hydrogen-bond donors (Lipinski definition) is 0. The highest BCUT2D eigenvalue weighted by Crippen LogP contribution is 2.36. The van der Waals surface area contributed by atoms with Crippen LogP contribution in [0.3, 0.4) is 0 Å². The maximum absolute atomic E-state index is 12.3. The Morgan fingerprint density at radius 3 is 2.16 bits per heavy atom. The fourth-order valence-electron chi connectivity index (χ4n) is 4.13. The van der Waals surface area contributed by atoms with E-state index < -0.39 is 11.9 Å². The lowest BCUT2D eigenvalue weighted by Crippen LogP contribution is -2.02. The molecular weight excluding hydrogens is 400 g/mol. The van der Waals surface area contributed by atoms with Crippen LogP contribution in [0.2, 0.25) is 0 Å². The van der Waals surface area contributed by atoms with Crippen LogP contribution in [-0.4, -0.2) is 19.0 Å². The molecule has 0 unspecified atom stereocenters. The zero-order chi connectivity index (χ0) is 22.1. The van der Waals surface area contributed by atoms with Gasteiger partial charge in [-0.15, -0.1) is 0 Å². The van der Waals surface area contributed by atoms with Gasteiger partial charge in [0.05, 0.1) is 12.7 Å². The summed E-state index contributed by atoms with van der Waals surface area (Å²) >= 11 is 0. The molecule has 0 aromatic heterocycles. The Bertz CT molecular complexity index is 1460. The Morgan fingerprint density at radius 2 is 1.44 bits per heavy atom. The van der Waals surface area contributed by atoms with Crippen molar-refractivity contribution in [3.63, 3.8) is 0 Å². The molecule has 0 spiro atoms. The molecule has 0 N–H and O–H groups in total. The molecule has 5 rings (SSSR count). The topological polar surface area (TPSA) is 52.6 Å². The number of hydrogen-bond acceptors (Lipinski definition) is 4. The Hall–Kier alpha value is -4.18. The van der Waals surface area contributed by atoms with Gasteiger partial charge < -0.3 is 9.47 Å². The normalized spacial score (nSPS) is 11.5. The van der Waals surface area contributed by atoms with Crippen molar-refractivity contribution in [3.8, 4) is 0 Å². The molecule has 0 aliphatic heterocycles. The molecule has 0 aliphatic carbocycles. The first-order valence-corrected chi connectivity index (χ1v) is 10.3. The number of ether oxygens (including phenoxy) is 2. The number of benzene rings is 5. The van der Waals surface area contributed by atoms with E-state index in [-0.39, 0.29) is 6.61 Å². The van der Waals surface area contributed by atoms with Crippen LogP contribution in [0.5, 0.6) is 0 Å². The zero-order valence-electron chi connectivity index (χ0n) is 17.5. The molecule has 0 amide bonds. The summed E-state index contributed by atoms with van der Waals surface area (Å²) in [6.07, 6.45) is 3.05. The summed E-state index contributed by atoms with van der Waals surface area (Å²) in [4.78, 5) is 23.8. The molecule has 0 radical (unpaired) electrons. The van der Waals surface area contributed by atoms with Gasteiger partial charge in [0.1, 0.15) is 6.61 Å². The molecule has 5 aromatic carbocycles. The largest absolute Gasteiger partial charge is 0.465 e. The highest BCUT2D eigenvalue weighted by molar-refractivity contribution is 6.23. The molecular formula is C28H20O4. The monoisotopic (exact) mass is 420 g/mol. The SMILES string of the molecule is COC(=O)c1ccc(C=CC(=O)OCc2ccc3ccc4cccc5ccc2c3c45)cc1. The second-order valence-electron chi connectivity index (χ2n) is 7.64. The first-order valence-electron chi connectivity index (χ1n) is 10.3. The molecule has 0 fully saturated rings. The molecule has 32 heavy (non-hydrogen) atoms. The van der Waals surface area contributed by atoms with Crippen molar-refractivity contribution < 1.29 is 19.1 Å². The van der Waals surface area contributed by atoms with Crippen LogP contribution in [0, 0.1) is 0 Å². The van der Waals surface area contributed by atoms with E-state index >= 15 is 0 Å². The summed E-state index contributed by atoms with van der Waals surface area (Å²) in [6, 6.07) is 25.7. The zero-order valence-corrected chi connectivity index (χ0v) is 17.5. The summed E-state index contributed by atoms with van der Waals surface area (Å²) in [6.45, 7) is 0.193. The van der Waals surface area contributed by atoms with Crippen LogP contribution in [0.25, 0.3) is 38.4 Å². The van der Waals surface area contributed by atoms with Gasteiger partial charge in [-0.2, -0.15) is 0 Å². The van der Waals surface area contributed by atoms with Gasteiger partial charge in [-0.05, 0) is 61.7 Å². The van der Waals surface area contributed by atoms with Gasteiger partial charge in [-0.3, -0.25) is 0 Å². The van der Waals surface area contributed by atoms with Crippen molar-refractivity contribution in [2.24, 2.45) is 0 Å². The number of carbonyl (C=O) groups is 2. The van der Waals surface area contributed by atoms with Crippen molar-refractivity contribution in [1.82, 2.24) is 0 Å². The van der Waals surface area contributed by atoms with E-state index in [0.717, 1.165) is 16.5 Å². The van der Waals surface area contributed by atoms with Crippen LogP contribution in [-0.2, 0) is 20.9 Å². The minimum absolute atomic E-state index is 0.193. The highest BCUT2D eigenvalue weighted by atomic mass is 16.5. The lowest BCUT2D eigenvalue weighted by atomic mass is 9.92. The lowest BCUT2D eigenvalue weighted by molar-refractivity contribution is -0.138. The smallest absolute Gasteiger partial charge is 0.337 e. The minimum Gasteiger partial charge on any atom is -0.465 e. The van der Waals surface area contributed by atoms with Crippen molar-refractivity contribution >= 4 is 50.3 Å². The van der Waals surface area contributed by atoms with E-state index in [9.17, 15) is 9.59 Å². The molecule has 0 bridgehead atoms. The Kier molecular flexibility index (Phi) is 5.04. The molecule has 0 saturated carbocycles. The summed E-state index contributed by atoms with van der Waals surface area (Å²) < 4.78 is 10.2. The second-order valence-corrected chi connectivity index (χ2v) is 7.64. The summed E-state index contributed by atoms with van der Waals surface area (Å²) in [5.74, 6) is -0.819. The maximum Gasteiger partial charge on any atom is 0.337 e. The molecule has 4 nitrogen and oxygen atoms in total. The van der Waals surface area contributed by atoms with E-state index in [1.807, 2.05) is 6.07 Å². The summed E-state index contributed by atoms with van der Waals surface area (Å²) in [5, 5.41) is 7.13. The van der Waals surface area contributed by atoms with Crippen LogP contribution in [0.15, 0.2) is 84.9 Å². The van der Waals surface area contributed by atoms with Crippen molar-refractivity contribution in [2.75, 3.05) is 7.11 Å². The van der Waals surface area contributed by atoms with Crippen LogP contribution < -0.4 is 0 Å². The molecule has 0 atom stereocenters. The molecule has 0 aliphatic rings. The van der Waals surface area contributed by atoms with Gasteiger partial charge in [0.25, 0.3) is 0 Å². The van der Waals surface area contributed by atoms with Gasteiger partial charge in [0.15, 0.2) is 0 Å². The summed E-state index contributed by atoms with van der Waals surface area (Å²) in [5.41, 5.74) is 2.22. The van der Waals surface area contributed by atoms with E-state index in [2.05, 4.69) is 53.3 Å². The number of carbonyl (C=O) groups excluding carboxylic acids is 2. The molecule has 5 aromatic rings. The van der Waals surface area contributed by atoms with Gasteiger partial charge >= 0.3 is 11.9 Å². The van der Waals surface area contributed by atoms with E-state index in [1.165, 1.54) is 40.1 Å². The third-order valence-corrected chi connectivity index (χ3v) is 5.73. The predicted molar refractivity (Wildman–Crippen MR) is 127 cm³/mol. The van der Waals surface area contributed by atoms with Crippen LogP contribution in [0.4, 0.5) is 0 Å². The van der Waals surface area contributed by atoms with Gasteiger partial charge in [-0.1, -0.05) is 66.7 Å². The van der Waals surface area contributed by atoms with Crippen molar-refractivity contribution in [3.05, 3.63) is 102 Å². The maximum atomic E-state index is 12.3. The van der Waals surface area contributed by atoms with Gasteiger partial charge in [0, 0.05) is 6.08 Å². The van der Waals surface area contributed by atoms with Gasteiger partial charge in [-0.25, -0.2) is 9.59 Å². The van der Waals surface area contributed by atoms with Crippen LogP contribution >= 0.6 is 0 Å². The molecule has 156 valence electrons. The Morgan fingerprint density at radius 1 is 0.781 bits per heavy atom. The lowest BCUT2D eigenvalue weighted by Gasteiger charge is -2.13. The molecule has 0 saturated heterocycles. The van der Waals surface area contributed by atoms with E-state index in [1.54, 1.807) is 30.3 Å². The van der Waals surface area contributed by atoms with Crippen molar-refractivity contribution in [2.45, 2.75) is 6.61 Å². The quantitative estimate of drug-likeness (QED) is 0.195. The Labute approximate surface area is 185 Å². The minimum atomic E-state index is -0.423. The predicted octanol–water partition coefficient (Wildman–Crippen LogP) is 6.13. The highest BCUT2D eigenvalue weighted by Gasteiger charge is 2.11. The van der Waals surface area contributed by atoms with Crippen molar-refractivity contribution in [1.29, 1.82) is 0 Å². The average Bonchev–Trinajstić information content (AvgIpc) is 2.85. The van der Waals surface area contributed by atoms with Crippen LogP contribution in [0.1, 0.15) is 21.5 Å². The van der Waals surface area contributed by atoms with E-state index in [0.29, 0.717) is 5.56 Å². The number of rotatable bonds is 5. The molecule has 4 heteroatoms. The third kappa shape index (κ3) is 3.56. The Balaban J connectivity index is 1.35. The molecule has 0 heterocycles. The average molecular weight is 420 g/mol. The third-order valence-electron chi connectivity index (χ3n) is 5.73. The first-order chi connectivity index (χ1) is 15.6.